The number of aryl methyl sites for hydroxylation is 1. The zero-order valence-electron chi connectivity index (χ0n) is 11.6. The third-order valence-corrected chi connectivity index (χ3v) is 3.31. The summed E-state index contributed by atoms with van der Waals surface area (Å²) in [5.41, 5.74) is 10.1. The van der Waals surface area contributed by atoms with E-state index in [1.807, 2.05) is 37.3 Å². The molecular formula is C16H20N2O. The molecule has 0 fully saturated rings. The summed E-state index contributed by atoms with van der Waals surface area (Å²) < 4.78 is 5.16. The van der Waals surface area contributed by atoms with Crippen molar-refractivity contribution >= 4 is 11.4 Å². The van der Waals surface area contributed by atoms with Gasteiger partial charge in [0.25, 0.3) is 0 Å². The molecule has 0 aliphatic rings. The fourth-order valence-corrected chi connectivity index (χ4v) is 2.02. The second kappa shape index (κ2) is 5.65. The van der Waals surface area contributed by atoms with E-state index in [4.69, 9.17) is 10.5 Å². The maximum absolute atomic E-state index is 6.07. The average Bonchev–Trinajstić information content (AvgIpc) is 2.44. The number of hydrogen-bond donors (Lipinski definition) is 2. The molecule has 0 aliphatic heterocycles. The molecule has 2 aromatic rings. The van der Waals surface area contributed by atoms with E-state index in [1.54, 1.807) is 7.11 Å². The predicted molar refractivity (Wildman–Crippen MR) is 80.6 cm³/mol. The zero-order valence-corrected chi connectivity index (χ0v) is 11.6. The zero-order chi connectivity index (χ0) is 13.8. The van der Waals surface area contributed by atoms with Gasteiger partial charge in [-0.25, -0.2) is 0 Å². The Bertz CT molecular complexity index is 549. The third-order valence-electron chi connectivity index (χ3n) is 3.31. The van der Waals surface area contributed by atoms with Crippen molar-refractivity contribution in [1.82, 2.24) is 0 Å². The second-order valence-corrected chi connectivity index (χ2v) is 4.68. The number of nitrogens with one attached hydrogen (secondary N) is 1. The van der Waals surface area contributed by atoms with E-state index in [0.717, 1.165) is 22.7 Å². The van der Waals surface area contributed by atoms with Crippen LogP contribution < -0.4 is 15.8 Å². The first kappa shape index (κ1) is 13.3. The SMILES string of the molecule is COc1ccc(C(C)Nc2cccc(C)c2N)cc1. The summed E-state index contributed by atoms with van der Waals surface area (Å²) in [6.07, 6.45) is 0. The van der Waals surface area contributed by atoms with Gasteiger partial charge in [-0.2, -0.15) is 0 Å². The first-order valence-corrected chi connectivity index (χ1v) is 6.37. The van der Waals surface area contributed by atoms with Crippen LogP contribution in [0.2, 0.25) is 0 Å². The van der Waals surface area contributed by atoms with Crippen LogP contribution in [0.1, 0.15) is 24.1 Å². The van der Waals surface area contributed by atoms with Crippen LogP contribution in [0.25, 0.3) is 0 Å². The van der Waals surface area contributed by atoms with Gasteiger partial charge in [-0.3, -0.25) is 0 Å². The van der Waals surface area contributed by atoms with Gasteiger partial charge in [-0.1, -0.05) is 24.3 Å². The Balaban J connectivity index is 2.15. The maximum Gasteiger partial charge on any atom is 0.118 e. The van der Waals surface area contributed by atoms with Gasteiger partial charge < -0.3 is 15.8 Å². The lowest BCUT2D eigenvalue weighted by molar-refractivity contribution is 0.414. The molecule has 0 spiro atoms. The van der Waals surface area contributed by atoms with Crippen molar-refractivity contribution in [3.05, 3.63) is 53.6 Å². The highest BCUT2D eigenvalue weighted by atomic mass is 16.5. The lowest BCUT2D eigenvalue weighted by atomic mass is 10.1. The molecule has 0 aromatic heterocycles. The molecule has 3 nitrogen and oxygen atoms in total. The number of para-hydroxylation sites is 1. The summed E-state index contributed by atoms with van der Waals surface area (Å²) in [5.74, 6) is 0.867. The number of anilines is 2. The Morgan fingerprint density at radius 2 is 1.79 bits per heavy atom. The number of rotatable bonds is 4. The van der Waals surface area contributed by atoms with E-state index in [-0.39, 0.29) is 6.04 Å². The van der Waals surface area contributed by atoms with Gasteiger partial charge in [-0.15, -0.1) is 0 Å². The van der Waals surface area contributed by atoms with Crippen LogP contribution in [-0.2, 0) is 0 Å². The van der Waals surface area contributed by atoms with Gasteiger partial charge in [0.2, 0.25) is 0 Å². The van der Waals surface area contributed by atoms with E-state index in [0.29, 0.717) is 0 Å². The molecule has 2 aromatic carbocycles. The van der Waals surface area contributed by atoms with Crippen LogP contribution in [0.15, 0.2) is 42.5 Å². The van der Waals surface area contributed by atoms with E-state index >= 15 is 0 Å². The van der Waals surface area contributed by atoms with Crippen LogP contribution in [0, 0.1) is 6.92 Å². The quantitative estimate of drug-likeness (QED) is 0.819. The molecule has 100 valence electrons. The molecular weight excluding hydrogens is 236 g/mol. The van der Waals surface area contributed by atoms with Gasteiger partial charge in [0.15, 0.2) is 0 Å². The number of benzene rings is 2. The van der Waals surface area contributed by atoms with Gasteiger partial charge >= 0.3 is 0 Å². The summed E-state index contributed by atoms with van der Waals surface area (Å²) in [4.78, 5) is 0. The van der Waals surface area contributed by atoms with Crippen molar-refractivity contribution in [2.45, 2.75) is 19.9 Å². The first-order valence-electron chi connectivity index (χ1n) is 6.37. The van der Waals surface area contributed by atoms with Crippen LogP contribution in [0.4, 0.5) is 11.4 Å². The number of nitrogen functional groups attached to an aromatic ring is 1. The third kappa shape index (κ3) is 2.99. The molecule has 0 amide bonds. The molecule has 3 N–H and O–H groups in total. The lowest BCUT2D eigenvalue weighted by Gasteiger charge is -2.18. The fourth-order valence-electron chi connectivity index (χ4n) is 2.02. The molecule has 1 atom stereocenters. The summed E-state index contributed by atoms with van der Waals surface area (Å²) in [5, 5.41) is 3.44. The van der Waals surface area contributed by atoms with Crippen molar-refractivity contribution < 1.29 is 4.74 Å². The standard InChI is InChI=1S/C16H20N2O/c1-11-5-4-6-15(16(11)17)18-12(2)13-7-9-14(19-3)10-8-13/h4-10,12,18H,17H2,1-3H3. The van der Waals surface area contributed by atoms with E-state index < -0.39 is 0 Å². The van der Waals surface area contributed by atoms with Gasteiger partial charge in [0, 0.05) is 6.04 Å². The molecule has 0 saturated heterocycles. The van der Waals surface area contributed by atoms with E-state index in [2.05, 4.69) is 24.4 Å². The molecule has 3 heteroatoms. The number of methoxy groups -OCH3 is 1. The summed E-state index contributed by atoms with van der Waals surface area (Å²) in [6, 6.07) is 14.3. The molecule has 0 aliphatic carbocycles. The lowest BCUT2D eigenvalue weighted by Crippen LogP contribution is -2.08. The Labute approximate surface area is 114 Å². The maximum atomic E-state index is 6.07. The largest absolute Gasteiger partial charge is 0.497 e. The topological polar surface area (TPSA) is 47.3 Å². The monoisotopic (exact) mass is 256 g/mol. The van der Waals surface area contributed by atoms with Crippen molar-refractivity contribution in [3.63, 3.8) is 0 Å². The van der Waals surface area contributed by atoms with Gasteiger partial charge in [0.05, 0.1) is 18.5 Å². The molecule has 0 saturated carbocycles. The van der Waals surface area contributed by atoms with E-state index in [1.165, 1.54) is 5.56 Å². The molecule has 1 unspecified atom stereocenters. The summed E-state index contributed by atoms with van der Waals surface area (Å²) in [7, 11) is 1.67. The molecule has 0 bridgehead atoms. The van der Waals surface area contributed by atoms with Crippen LogP contribution in [0.5, 0.6) is 5.75 Å². The van der Waals surface area contributed by atoms with E-state index in [9.17, 15) is 0 Å². The van der Waals surface area contributed by atoms with Gasteiger partial charge in [0.1, 0.15) is 5.75 Å². The van der Waals surface area contributed by atoms with Crippen molar-refractivity contribution in [2.75, 3.05) is 18.2 Å². The van der Waals surface area contributed by atoms with Crippen LogP contribution in [-0.4, -0.2) is 7.11 Å². The smallest absolute Gasteiger partial charge is 0.118 e. The van der Waals surface area contributed by atoms with Gasteiger partial charge in [-0.05, 0) is 43.2 Å². The predicted octanol–water partition coefficient (Wildman–Crippen LogP) is 3.76. The number of nitrogens with two attached hydrogens (primary N) is 1. The number of hydrogen-bond acceptors (Lipinski definition) is 3. The van der Waals surface area contributed by atoms with Crippen LogP contribution in [0.3, 0.4) is 0 Å². The highest BCUT2D eigenvalue weighted by molar-refractivity contribution is 5.70. The first-order chi connectivity index (χ1) is 9.11. The Hall–Kier alpha value is -2.16. The van der Waals surface area contributed by atoms with Crippen molar-refractivity contribution in [2.24, 2.45) is 0 Å². The minimum Gasteiger partial charge on any atom is -0.497 e. The summed E-state index contributed by atoms with van der Waals surface area (Å²) in [6.45, 7) is 4.13. The highest BCUT2D eigenvalue weighted by Crippen LogP contribution is 2.27. The molecule has 0 heterocycles. The van der Waals surface area contributed by atoms with Crippen molar-refractivity contribution in [3.8, 4) is 5.75 Å². The van der Waals surface area contributed by atoms with Crippen molar-refractivity contribution in [1.29, 1.82) is 0 Å². The average molecular weight is 256 g/mol. The number of ether oxygens (including phenoxy) is 1. The minimum atomic E-state index is 0.190. The Kier molecular flexibility index (Phi) is 3.95. The minimum absolute atomic E-state index is 0.190. The summed E-state index contributed by atoms with van der Waals surface area (Å²) >= 11 is 0. The Morgan fingerprint density at radius 3 is 2.42 bits per heavy atom. The second-order valence-electron chi connectivity index (χ2n) is 4.68. The fraction of sp³-hybridized carbons (Fsp3) is 0.250. The Morgan fingerprint density at radius 1 is 1.11 bits per heavy atom. The van der Waals surface area contributed by atoms with Crippen LogP contribution >= 0.6 is 0 Å². The molecule has 2 rings (SSSR count). The molecule has 0 radical (unpaired) electrons. The normalized spacial score (nSPS) is 11.9. The molecule has 19 heavy (non-hydrogen) atoms. The highest BCUT2D eigenvalue weighted by Gasteiger charge is 2.08.